The summed E-state index contributed by atoms with van der Waals surface area (Å²) in [5.41, 5.74) is 0.241. The molecule has 0 radical (unpaired) electrons. The van der Waals surface area contributed by atoms with E-state index in [1.807, 2.05) is 0 Å². The van der Waals surface area contributed by atoms with Crippen LogP contribution in [-0.4, -0.2) is 49.3 Å². The smallest absolute Gasteiger partial charge is 0.0507 e. The normalized spacial score (nSPS) is 31.2. The first-order chi connectivity index (χ1) is 8.04. The second-order valence-electron chi connectivity index (χ2n) is 6.65. The van der Waals surface area contributed by atoms with Gasteiger partial charge in [0.15, 0.2) is 0 Å². The maximum atomic E-state index is 5.47. The lowest BCUT2D eigenvalue weighted by molar-refractivity contribution is 0.159. The summed E-state index contributed by atoms with van der Waals surface area (Å²) >= 11 is 0. The number of nitrogens with one attached hydrogen (secondary N) is 1. The van der Waals surface area contributed by atoms with Gasteiger partial charge in [0.25, 0.3) is 0 Å². The zero-order valence-electron chi connectivity index (χ0n) is 11.7. The van der Waals surface area contributed by atoms with Crippen molar-refractivity contribution in [3.63, 3.8) is 0 Å². The molecule has 2 atom stereocenters. The van der Waals surface area contributed by atoms with E-state index in [-0.39, 0.29) is 5.54 Å². The molecule has 100 valence electrons. The van der Waals surface area contributed by atoms with E-state index >= 15 is 0 Å². The maximum absolute atomic E-state index is 5.47. The monoisotopic (exact) mass is 240 g/mol. The number of rotatable bonds is 4. The first-order valence-corrected chi connectivity index (χ1v) is 7.11. The van der Waals surface area contributed by atoms with Crippen LogP contribution in [0.2, 0.25) is 0 Å². The minimum Gasteiger partial charge on any atom is -0.381 e. The second kappa shape index (κ2) is 5.68. The first-order valence-electron chi connectivity index (χ1n) is 7.11. The summed E-state index contributed by atoms with van der Waals surface area (Å²) < 4.78 is 5.47. The lowest BCUT2D eigenvalue weighted by Gasteiger charge is -2.30. The van der Waals surface area contributed by atoms with Crippen LogP contribution in [0, 0.1) is 5.92 Å². The van der Waals surface area contributed by atoms with E-state index in [1.54, 1.807) is 0 Å². The molecule has 0 aliphatic carbocycles. The van der Waals surface area contributed by atoms with Gasteiger partial charge in [-0.05, 0) is 52.5 Å². The highest BCUT2D eigenvalue weighted by Crippen LogP contribution is 2.22. The fourth-order valence-corrected chi connectivity index (χ4v) is 2.85. The van der Waals surface area contributed by atoms with Crippen molar-refractivity contribution in [2.75, 3.05) is 32.8 Å². The van der Waals surface area contributed by atoms with Gasteiger partial charge in [-0.1, -0.05) is 0 Å². The fraction of sp³-hybridized carbons (Fsp3) is 1.00. The molecule has 2 fully saturated rings. The highest BCUT2D eigenvalue weighted by Gasteiger charge is 2.28. The van der Waals surface area contributed by atoms with Gasteiger partial charge in [-0.3, -0.25) is 4.90 Å². The Morgan fingerprint density at radius 1 is 1.29 bits per heavy atom. The molecule has 1 N–H and O–H groups in total. The van der Waals surface area contributed by atoms with Crippen molar-refractivity contribution in [2.45, 2.75) is 51.6 Å². The molecule has 3 nitrogen and oxygen atoms in total. The molecular weight excluding hydrogens is 212 g/mol. The summed E-state index contributed by atoms with van der Waals surface area (Å²) in [5.74, 6) is 0.783. The lowest BCUT2D eigenvalue weighted by Crippen LogP contribution is -2.46. The van der Waals surface area contributed by atoms with Gasteiger partial charge in [-0.2, -0.15) is 0 Å². The fourth-order valence-electron chi connectivity index (χ4n) is 2.85. The summed E-state index contributed by atoms with van der Waals surface area (Å²) in [6.07, 6.45) is 3.98. The van der Waals surface area contributed by atoms with Crippen molar-refractivity contribution < 1.29 is 4.74 Å². The van der Waals surface area contributed by atoms with Gasteiger partial charge in [0, 0.05) is 31.3 Å². The summed E-state index contributed by atoms with van der Waals surface area (Å²) in [5, 5.41) is 3.65. The number of nitrogens with zero attached hydrogens (tertiary/aromatic N) is 1. The minimum atomic E-state index is 0.241. The molecule has 2 rings (SSSR count). The van der Waals surface area contributed by atoms with E-state index in [1.165, 1.54) is 32.4 Å². The molecule has 2 saturated heterocycles. The standard InChI is InChI=1S/C14H28N2O/c1-14(2,3)15-9-13-5-4-7-16(13)10-12-6-8-17-11-12/h12-13,15H,4-11H2,1-3H3. The zero-order chi connectivity index (χ0) is 12.3. The number of ether oxygens (including phenoxy) is 1. The van der Waals surface area contributed by atoms with Crippen molar-refractivity contribution in [3.05, 3.63) is 0 Å². The predicted molar refractivity (Wildman–Crippen MR) is 71.3 cm³/mol. The van der Waals surface area contributed by atoms with Crippen molar-refractivity contribution in [1.29, 1.82) is 0 Å². The van der Waals surface area contributed by atoms with Crippen molar-refractivity contribution in [1.82, 2.24) is 10.2 Å². The SMILES string of the molecule is CC(C)(C)NCC1CCCN1CC1CCOC1. The van der Waals surface area contributed by atoms with Crippen LogP contribution in [0.15, 0.2) is 0 Å². The molecule has 2 unspecified atom stereocenters. The van der Waals surface area contributed by atoms with E-state index in [9.17, 15) is 0 Å². The Morgan fingerprint density at radius 2 is 2.12 bits per heavy atom. The third-order valence-corrected chi connectivity index (χ3v) is 3.88. The average Bonchev–Trinajstić information content (AvgIpc) is 2.86. The highest BCUT2D eigenvalue weighted by atomic mass is 16.5. The van der Waals surface area contributed by atoms with Gasteiger partial charge in [0.2, 0.25) is 0 Å². The van der Waals surface area contributed by atoms with Crippen molar-refractivity contribution in [3.8, 4) is 0 Å². The lowest BCUT2D eigenvalue weighted by atomic mass is 10.1. The minimum absolute atomic E-state index is 0.241. The van der Waals surface area contributed by atoms with Gasteiger partial charge in [-0.15, -0.1) is 0 Å². The zero-order valence-corrected chi connectivity index (χ0v) is 11.7. The Kier molecular flexibility index (Phi) is 4.45. The van der Waals surface area contributed by atoms with E-state index < -0.39 is 0 Å². The molecule has 0 aromatic carbocycles. The molecule has 2 aliphatic rings. The predicted octanol–water partition coefficient (Wildman–Crippen LogP) is 1.88. The van der Waals surface area contributed by atoms with Crippen LogP contribution in [-0.2, 0) is 4.74 Å². The molecule has 0 spiro atoms. The summed E-state index contributed by atoms with van der Waals surface area (Å²) in [6, 6.07) is 0.745. The van der Waals surface area contributed by atoms with Crippen LogP contribution in [0.25, 0.3) is 0 Å². The van der Waals surface area contributed by atoms with Crippen molar-refractivity contribution >= 4 is 0 Å². The Bertz CT molecular complexity index is 231. The van der Waals surface area contributed by atoms with Gasteiger partial charge in [0.05, 0.1) is 6.61 Å². The van der Waals surface area contributed by atoms with Crippen molar-refractivity contribution in [2.24, 2.45) is 5.92 Å². The van der Waals surface area contributed by atoms with Crippen LogP contribution in [0.3, 0.4) is 0 Å². The molecule has 0 amide bonds. The number of hydrogen-bond donors (Lipinski definition) is 1. The van der Waals surface area contributed by atoms with E-state index in [0.717, 1.165) is 31.7 Å². The Morgan fingerprint density at radius 3 is 2.76 bits per heavy atom. The summed E-state index contributed by atoms with van der Waals surface area (Å²) in [4.78, 5) is 2.68. The average molecular weight is 240 g/mol. The van der Waals surface area contributed by atoms with Crippen LogP contribution in [0.4, 0.5) is 0 Å². The third-order valence-electron chi connectivity index (χ3n) is 3.88. The van der Waals surface area contributed by atoms with Crippen LogP contribution in [0.5, 0.6) is 0 Å². The van der Waals surface area contributed by atoms with Crippen LogP contribution < -0.4 is 5.32 Å². The molecule has 17 heavy (non-hydrogen) atoms. The maximum Gasteiger partial charge on any atom is 0.0507 e. The molecule has 0 bridgehead atoms. The Labute approximate surface area is 106 Å². The second-order valence-corrected chi connectivity index (χ2v) is 6.65. The van der Waals surface area contributed by atoms with E-state index in [4.69, 9.17) is 4.74 Å². The molecule has 0 aromatic rings. The Balaban J connectivity index is 1.76. The van der Waals surface area contributed by atoms with Gasteiger partial charge < -0.3 is 10.1 Å². The first kappa shape index (κ1) is 13.3. The third kappa shape index (κ3) is 4.23. The highest BCUT2D eigenvalue weighted by molar-refractivity contribution is 4.85. The molecule has 0 saturated carbocycles. The Hall–Kier alpha value is -0.120. The molecule has 2 heterocycles. The van der Waals surface area contributed by atoms with Crippen LogP contribution in [0.1, 0.15) is 40.0 Å². The summed E-state index contributed by atoms with van der Waals surface area (Å²) in [7, 11) is 0. The van der Waals surface area contributed by atoms with E-state index in [2.05, 4.69) is 31.0 Å². The topological polar surface area (TPSA) is 24.5 Å². The van der Waals surface area contributed by atoms with E-state index in [0.29, 0.717) is 0 Å². The van der Waals surface area contributed by atoms with Gasteiger partial charge >= 0.3 is 0 Å². The molecular formula is C14H28N2O. The van der Waals surface area contributed by atoms with Crippen LogP contribution >= 0.6 is 0 Å². The molecule has 2 aliphatic heterocycles. The molecule has 0 aromatic heterocycles. The summed E-state index contributed by atoms with van der Waals surface area (Å²) in [6.45, 7) is 12.4. The molecule has 3 heteroatoms. The quantitative estimate of drug-likeness (QED) is 0.812. The number of hydrogen-bond acceptors (Lipinski definition) is 3. The largest absolute Gasteiger partial charge is 0.381 e. The number of likely N-dealkylation sites (tertiary alicyclic amines) is 1. The van der Waals surface area contributed by atoms with Gasteiger partial charge in [-0.25, -0.2) is 0 Å². The van der Waals surface area contributed by atoms with Gasteiger partial charge in [0.1, 0.15) is 0 Å².